The summed E-state index contributed by atoms with van der Waals surface area (Å²) in [6.07, 6.45) is 6.47. The van der Waals surface area contributed by atoms with Gasteiger partial charge in [0.2, 0.25) is 0 Å². The molecule has 0 unspecified atom stereocenters. The average molecular weight is 225 g/mol. The summed E-state index contributed by atoms with van der Waals surface area (Å²) >= 11 is 0. The van der Waals surface area contributed by atoms with Crippen LogP contribution in [-0.2, 0) is 42.2 Å². The van der Waals surface area contributed by atoms with Crippen LogP contribution in [0.1, 0.15) is 6.92 Å². The van der Waals surface area contributed by atoms with Crippen LogP contribution in [-0.4, -0.2) is 20.4 Å². The Morgan fingerprint density at radius 3 is 2.73 bits per heavy atom. The molecule has 0 aliphatic heterocycles. The fourth-order valence-corrected chi connectivity index (χ4v) is 0.364. The van der Waals surface area contributed by atoms with Crippen LogP contribution in [0.3, 0.4) is 0 Å². The van der Waals surface area contributed by atoms with E-state index in [9.17, 15) is 4.79 Å². The predicted octanol–water partition coefficient (Wildman–Crippen LogP) is 0.638. The van der Waals surface area contributed by atoms with Crippen molar-refractivity contribution in [3.8, 4) is 0 Å². The van der Waals surface area contributed by atoms with E-state index in [1.807, 2.05) is 0 Å². The van der Waals surface area contributed by atoms with Crippen LogP contribution < -0.4 is 0 Å². The molecule has 11 heavy (non-hydrogen) atoms. The maximum absolute atomic E-state index is 10.2. The van der Waals surface area contributed by atoms with Crippen molar-refractivity contribution in [3.63, 3.8) is 0 Å². The summed E-state index contributed by atoms with van der Waals surface area (Å²) in [6.45, 7) is 1.67. The molecule has 0 aromatic rings. The first-order chi connectivity index (χ1) is 4.77. The van der Waals surface area contributed by atoms with Crippen LogP contribution in [0.2, 0.25) is 0 Å². The fourth-order valence-electron chi connectivity index (χ4n) is 0.364. The zero-order valence-electron chi connectivity index (χ0n) is 6.49. The van der Waals surface area contributed by atoms with E-state index < -0.39 is 0 Å². The first-order valence-corrected chi connectivity index (χ1v) is 2.94. The molecule has 57 valence electrons. The summed E-state index contributed by atoms with van der Waals surface area (Å²) in [7, 11) is 5.03. The van der Waals surface area contributed by atoms with E-state index in [-0.39, 0.29) is 38.7 Å². The molecule has 0 aromatic carbocycles. The van der Waals surface area contributed by atoms with E-state index in [1.165, 1.54) is 13.2 Å². The van der Waals surface area contributed by atoms with Crippen molar-refractivity contribution in [2.24, 2.45) is 0 Å². The van der Waals surface area contributed by atoms with Crippen LogP contribution in [0.4, 0.5) is 0 Å². The molecule has 0 aliphatic rings. The zero-order valence-corrected chi connectivity index (χ0v) is 9.33. The van der Waals surface area contributed by atoms with Crippen LogP contribution >= 0.6 is 0 Å². The largest absolute Gasteiger partial charge is 0.482 e. The van der Waals surface area contributed by atoms with Crippen LogP contribution in [0.15, 0.2) is 12.2 Å². The zero-order chi connectivity index (χ0) is 7.82. The minimum Gasteiger partial charge on any atom is -0.482 e. The second kappa shape index (κ2) is 10.1. The first-order valence-electron chi connectivity index (χ1n) is 2.94. The molecule has 0 aromatic heterocycles. The summed E-state index contributed by atoms with van der Waals surface area (Å²) in [5, 5.41) is 0. The Hall–Kier alpha value is 0.119. The molecule has 0 atom stereocenters. The standard InChI is InChI=1S/C7H9BO2.Y/c1-7(9)10-6-4-2-3-5-8;/h2-5H,6H2,1H3;/q-2;/b3-2-;. The Morgan fingerprint density at radius 1 is 1.64 bits per heavy atom. The van der Waals surface area contributed by atoms with Crippen molar-refractivity contribution in [2.45, 2.75) is 6.92 Å². The predicted molar refractivity (Wildman–Crippen MR) is 40.1 cm³/mol. The molecular formula is C7H9BO2Y-2. The number of allylic oxidation sites excluding steroid dienone is 1. The molecule has 0 amide bonds. The van der Waals surface area contributed by atoms with Gasteiger partial charge in [0, 0.05) is 46.2 Å². The molecule has 0 N–H and O–H groups in total. The van der Waals surface area contributed by atoms with Gasteiger partial charge in [0.15, 0.2) is 0 Å². The monoisotopic (exact) mass is 225 g/mol. The molecule has 0 saturated heterocycles. The van der Waals surface area contributed by atoms with Gasteiger partial charge in [-0.05, 0) is 0 Å². The first kappa shape index (κ1) is 13.7. The Kier molecular flexibility index (Phi) is 12.6. The maximum atomic E-state index is 10.2. The quantitative estimate of drug-likeness (QED) is 0.303. The van der Waals surface area contributed by atoms with E-state index in [4.69, 9.17) is 7.85 Å². The molecule has 0 heterocycles. The number of hydrogen-bond donors (Lipinski definition) is 0. The number of ether oxygens (including phenoxy) is 1. The number of hydrogen-bond acceptors (Lipinski definition) is 2. The van der Waals surface area contributed by atoms with Crippen molar-refractivity contribution >= 4 is 13.8 Å². The van der Waals surface area contributed by atoms with E-state index in [0.717, 1.165) is 0 Å². The number of rotatable bonds is 4. The Bertz CT molecular complexity index is 126. The van der Waals surface area contributed by atoms with Gasteiger partial charge < -0.3 is 23.2 Å². The summed E-state index contributed by atoms with van der Waals surface area (Å²) in [6, 6.07) is 0. The van der Waals surface area contributed by atoms with Gasteiger partial charge >= 0.3 is 5.97 Å². The second-order valence-electron chi connectivity index (χ2n) is 1.62. The molecule has 2 nitrogen and oxygen atoms in total. The van der Waals surface area contributed by atoms with Gasteiger partial charge in [0.25, 0.3) is 0 Å². The van der Waals surface area contributed by atoms with Crippen molar-refractivity contribution in [2.75, 3.05) is 6.61 Å². The summed E-state index contributed by atoms with van der Waals surface area (Å²) < 4.78 is 4.59. The SMILES string of the molecule is [B][CH-]/C=C\[CH-]COC(C)=O.[Y]. The Balaban J connectivity index is 0. The van der Waals surface area contributed by atoms with Gasteiger partial charge in [0.05, 0.1) is 0 Å². The van der Waals surface area contributed by atoms with E-state index in [0.29, 0.717) is 6.61 Å². The fraction of sp³-hybridized carbons (Fsp3) is 0.286. The van der Waals surface area contributed by atoms with Gasteiger partial charge in [-0.25, -0.2) is 0 Å². The number of carbonyl (C=O) groups is 1. The summed E-state index contributed by atoms with van der Waals surface area (Å²) in [5.41, 5.74) is 0. The van der Waals surface area contributed by atoms with E-state index in [2.05, 4.69) is 4.74 Å². The molecule has 0 fully saturated rings. The van der Waals surface area contributed by atoms with Gasteiger partial charge in [-0.15, -0.1) is 0 Å². The molecule has 4 heteroatoms. The number of esters is 1. The molecule has 0 spiro atoms. The molecule has 3 radical (unpaired) electrons. The smallest absolute Gasteiger partial charge is 0.301 e. The van der Waals surface area contributed by atoms with Gasteiger partial charge in [-0.3, -0.25) is 11.2 Å². The minimum absolute atomic E-state index is 0. The minimum atomic E-state index is -0.277. The average Bonchev–Trinajstić information content (AvgIpc) is 1.87. The molecule has 0 aliphatic carbocycles. The normalized spacial score (nSPS) is 8.45. The third kappa shape index (κ3) is 13.2. The maximum Gasteiger partial charge on any atom is 0.301 e. The van der Waals surface area contributed by atoms with Crippen molar-refractivity contribution in [1.82, 2.24) is 0 Å². The van der Waals surface area contributed by atoms with Crippen LogP contribution in [0, 0.1) is 12.7 Å². The van der Waals surface area contributed by atoms with Crippen molar-refractivity contribution in [3.05, 3.63) is 24.9 Å². The topological polar surface area (TPSA) is 26.3 Å². The van der Waals surface area contributed by atoms with Crippen LogP contribution in [0.5, 0.6) is 0 Å². The summed E-state index contributed by atoms with van der Waals surface area (Å²) in [5.74, 6) is -0.277. The molecular weight excluding hydrogens is 216 g/mol. The van der Waals surface area contributed by atoms with Gasteiger partial charge in [0.1, 0.15) is 0 Å². The van der Waals surface area contributed by atoms with E-state index in [1.54, 1.807) is 18.6 Å². The Labute approximate surface area is 94.0 Å². The van der Waals surface area contributed by atoms with Crippen molar-refractivity contribution in [1.29, 1.82) is 0 Å². The summed E-state index contributed by atoms with van der Waals surface area (Å²) in [4.78, 5) is 10.2. The second-order valence-corrected chi connectivity index (χ2v) is 1.62. The third-order valence-electron chi connectivity index (χ3n) is 0.741. The van der Waals surface area contributed by atoms with Crippen LogP contribution in [0.25, 0.3) is 0 Å². The van der Waals surface area contributed by atoms with Gasteiger partial charge in [-0.2, -0.15) is 0 Å². The molecule has 0 bridgehead atoms. The molecule has 0 saturated carbocycles. The molecule has 0 rings (SSSR count). The van der Waals surface area contributed by atoms with E-state index >= 15 is 0 Å². The number of carbonyl (C=O) groups excluding carboxylic acids is 1. The van der Waals surface area contributed by atoms with Crippen molar-refractivity contribution < 1.29 is 42.2 Å². The Morgan fingerprint density at radius 2 is 2.27 bits per heavy atom. The van der Waals surface area contributed by atoms with Gasteiger partial charge in [-0.1, -0.05) is 7.85 Å². The third-order valence-corrected chi connectivity index (χ3v) is 0.741.